The second kappa shape index (κ2) is 6.44. The van der Waals surface area contributed by atoms with Crippen LogP contribution < -0.4 is 10.6 Å². The van der Waals surface area contributed by atoms with Crippen molar-refractivity contribution in [3.63, 3.8) is 0 Å². The van der Waals surface area contributed by atoms with Crippen LogP contribution in [0.1, 0.15) is 11.1 Å². The fraction of sp³-hybridized carbons (Fsp3) is 0.188. The van der Waals surface area contributed by atoms with Crippen molar-refractivity contribution >= 4 is 28.9 Å². The lowest BCUT2D eigenvalue weighted by molar-refractivity contribution is -0.114. The average Bonchev–Trinajstić information content (AvgIpc) is 2.40. The van der Waals surface area contributed by atoms with Crippen molar-refractivity contribution in [3.05, 3.63) is 58.6 Å². The van der Waals surface area contributed by atoms with Gasteiger partial charge in [-0.25, -0.2) is 0 Å². The summed E-state index contributed by atoms with van der Waals surface area (Å²) < 4.78 is 0. The normalized spacial score (nSPS) is 10.2. The van der Waals surface area contributed by atoms with E-state index in [9.17, 15) is 4.79 Å². The molecule has 2 aromatic carbocycles. The topological polar surface area (TPSA) is 41.1 Å². The van der Waals surface area contributed by atoms with Gasteiger partial charge in [0, 0.05) is 16.4 Å². The number of aryl methyl sites for hydroxylation is 2. The molecule has 0 aliphatic rings. The molecule has 20 heavy (non-hydrogen) atoms. The number of halogens is 1. The van der Waals surface area contributed by atoms with Gasteiger partial charge in [0.2, 0.25) is 5.91 Å². The van der Waals surface area contributed by atoms with Gasteiger partial charge in [-0.2, -0.15) is 0 Å². The summed E-state index contributed by atoms with van der Waals surface area (Å²) in [6.45, 7) is 4.16. The molecule has 4 heteroatoms. The first-order valence-electron chi connectivity index (χ1n) is 6.41. The van der Waals surface area contributed by atoms with Crippen LogP contribution in [0.15, 0.2) is 42.5 Å². The fourth-order valence-corrected chi connectivity index (χ4v) is 2.06. The molecule has 0 heterocycles. The zero-order chi connectivity index (χ0) is 14.5. The Morgan fingerprint density at radius 2 is 1.95 bits per heavy atom. The molecule has 2 aromatic rings. The first kappa shape index (κ1) is 14.4. The highest BCUT2D eigenvalue weighted by molar-refractivity contribution is 6.30. The van der Waals surface area contributed by atoms with Crippen molar-refractivity contribution in [3.8, 4) is 0 Å². The van der Waals surface area contributed by atoms with E-state index in [0.29, 0.717) is 5.02 Å². The second-order valence-electron chi connectivity index (χ2n) is 4.73. The van der Waals surface area contributed by atoms with Crippen molar-refractivity contribution in [2.75, 3.05) is 17.2 Å². The molecule has 104 valence electrons. The van der Waals surface area contributed by atoms with Crippen molar-refractivity contribution in [2.24, 2.45) is 0 Å². The molecule has 3 nitrogen and oxygen atoms in total. The molecule has 0 saturated carbocycles. The van der Waals surface area contributed by atoms with Crippen LogP contribution in [0.4, 0.5) is 11.4 Å². The fourth-order valence-electron chi connectivity index (χ4n) is 1.89. The highest BCUT2D eigenvalue weighted by Gasteiger charge is 2.04. The molecule has 0 saturated heterocycles. The van der Waals surface area contributed by atoms with Gasteiger partial charge in [0.05, 0.1) is 6.54 Å². The van der Waals surface area contributed by atoms with Gasteiger partial charge in [0.15, 0.2) is 0 Å². The van der Waals surface area contributed by atoms with Crippen molar-refractivity contribution in [1.29, 1.82) is 0 Å². The zero-order valence-electron chi connectivity index (χ0n) is 11.5. The molecule has 0 aliphatic heterocycles. The summed E-state index contributed by atoms with van der Waals surface area (Å²) in [5, 5.41) is 6.59. The first-order chi connectivity index (χ1) is 9.54. The summed E-state index contributed by atoms with van der Waals surface area (Å²) in [7, 11) is 0. The van der Waals surface area contributed by atoms with Gasteiger partial charge in [-0.1, -0.05) is 29.8 Å². The molecule has 2 rings (SSSR count). The predicted molar refractivity (Wildman–Crippen MR) is 84.5 cm³/mol. The SMILES string of the molecule is Cc1cccc(NC(=O)CNc2cc(Cl)ccc2C)c1. The maximum absolute atomic E-state index is 11.9. The zero-order valence-corrected chi connectivity index (χ0v) is 12.3. The Kier molecular flexibility index (Phi) is 4.64. The Hall–Kier alpha value is -2.00. The van der Waals surface area contributed by atoms with Crippen LogP contribution in [-0.4, -0.2) is 12.5 Å². The van der Waals surface area contributed by atoms with E-state index in [1.165, 1.54) is 0 Å². The Bertz CT molecular complexity index is 626. The molecule has 0 atom stereocenters. The van der Waals surface area contributed by atoms with E-state index in [2.05, 4.69) is 10.6 Å². The molecule has 1 amide bonds. The molecular weight excluding hydrogens is 272 g/mol. The largest absolute Gasteiger partial charge is 0.376 e. The van der Waals surface area contributed by atoms with E-state index in [0.717, 1.165) is 22.5 Å². The Labute approximate surface area is 124 Å². The Morgan fingerprint density at radius 3 is 2.70 bits per heavy atom. The third kappa shape index (κ3) is 4.00. The van der Waals surface area contributed by atoms with Crippen LogP contribution >= 0.6 is 11.6 Å². The average molecular weight is 289 g/mol. The summed E-state index contributed by atoms with van der Waals surface area (Å²) in [6, 6.07) is 13.3. The monoisotopic (exact) mass is 288 g/mol. The Morgan fingerprint density at radius 1 is 1.15 bits per heavy atom. The van der Waals surface area contributed by atoms with Gasteiger partial charge in [0.25, 0.3) is 0 Å². The maximum atomic E-state index is 11.9. The third-order valence-electron chi connectivity index (χ3n) is 2.94. The number of amides is 1. The number of carbonyl (C=O) groups is 1. The summed E-state index contributed by atoms with van der Waals surface area (Å²) in [6.07, 6.45) is 0. The predicted octanol–water partition coefficient (Wildman–Crippen LogP) is 4.01. The smallest absolute Gasteiger partial charge is 0.243 e. The standard InChI is InChI=1S/C16H17ClN2O/c1-11-4-3-5-14(8-11)19-16(20)10-18-15-9-13(17)7-6-12(15)2/h3-9,18H,10H2,1-2H3,(H,19,20). The van der Waals surface area contributed by atoms with Gasteiger partial charge in [-0.05, 0) is 49.2 Å². The molecule has 0 bridgehead atoms. The maximum Gasteiger partial charge on any atom is 0.243 e. The number of carbonyl (C=O) groups excluding carboxylic acids is 1. The van der Waals surface area contributed by atoms with E-state index >= 15 is 0 Å². The lowest BCUT2D eigenvalue weighted by Gasteiger charge is -2.10. The molecule has 0 aromatic heterocycles. The summed E-state index contributed by atoms with van der Waals surface area (Å²) in [5.41, 5.74) is 3.84. The van der Waals surface area contributed by atoms with Gasteiger partial charge in [0.1, 0.15) is 0 Å². The van der Waals surface area contributed by atoms with Crippen molar-refractivity contribution < 1.29 is 4.79 Å². The van der Waals surface area contributed by atoms with E-state index in [1.807, 2.05) is 56.3 Å². The lowest BCUT2D eigenvalue weighted by Crippen LogP contribution is -2.22. The number of rotatable bonds is 4. The number of anilines is 2. The van der Waals surface area contributed by atoms with Crippen LogP contribution in [0.5, 0.6) is 0 Å². The quantitative estimate of drug-likeness (QED) is 0.892. The van der Waals surface area contributed by atoms with Gasteiger partial charge in [-0.15, -0.1) is 0 Å². The summed E-state index contributed by atoms with van der Waals surface area (Å²) >= 11 is 5.94. The van der Waals surface area contributed by atoms with E-state index in [1.54, 1.807) is 0 Å². The molecule has 0 fully saturated rings. The van der Waals surface area contributed by atoms with Crippen LogP contribution in [0.2, 0.25) is 5.02 Å². The Balaban J connectivity index is 1.94. The summed E-state index contributed by atoms with van der Waals surface area (Å²) in [4.78, 5) is 11.9. The first-order valence-corrected chi connectivity index (χ1v) is 6.79. The third-order valence-corrected chi connectivity index (χ3v) is 3.18. The van der Waals surface area contributed by atoms with Crippen LogP contribution in [-0.2, 0) is 4.79 Å². The van der Waals surface area contributed by atoms with Gasteiger partial charge >= 0.3 is 0 Å². The molecule has 0 spiro atoms. The highest BCUT2D eigenvalue weighted by Crippen LogP contribution is 2.19. The minimum atomic E-state index is -0.0880. The molecule has 0 aliphatic carbocycles. The summed E-state index contributed by atoms with van der Waals surface area (Å²) in [5.74, 6) is -0.0880. The lowest BCUT2D eigenvalue weighted by atomic mass is 10.2. The molecule has 2 N–H and O–H groups in total. The number of benzene rings is 2. The van der Waals surface area contributed by atoms with E-state index in [4.69, 9.17) is 11.6 Å². The van der Waals surface area contributed by atoms with Crippen molar-refractivity contribution in [2.45, 2.75) is 13.8 Å². The van der Waals surface area contributed by atoms with Gasteiger partial charge in [-0.3, -0.25) is 4.79 Å². The van der Waals surface area contributed by atoms with E-state index in [-0.39, 0.29) is 12.5 Å². The molecule has 0 unspecified atom stereocenters. The van der Waals surface area contributed by atoms with Crippen LogP contribution in [0.25, 0.3) is 0 Å². The highest BCUT2D eigenvalue weighted by atomic mass is 35.5. The van der Waals surface area contributed by atoms with Gasteiger partial charge < -0.3 is 10.6 Å². The molecule has 0 radical (unpaired) electrons. The second-order valence-corrected chi connectivity index (χ2v) is 5.17. The number of hydrogen-bond donors (Lipinski definition) is 2. The minimum absolute atomic E-state index is 0.0880. The van der Waals surface area contributed by atoms with E-state index < -0.39 is 0 Å². The van der Waals surface area contributed by atoms with Crippen LogP contribution in [0.3, 0.4) is 0 Å². The number of nitrogens with one attached hydrogen (secondary N) is 2. The number of hydrogen-bond acceptors (Lipinski definition) is 2. The molecular formula is C16H17ClN2O. The van der Waals surface area contributed by atoms with Crippen molar-refractivity contribution in [1.82, 2.24) is 0 Å². The minimum Gasteiger partial charge on any atom is -0.376 e. The van der Waals surface area contributed by atoms with Crippen LogP contribution in [0, 0.1) is 13.8 Å².